The summed E-state index contributed by atoms with van der Waals surface area (Å²) in [7, 11) is 1.79. The van der Waals surface area contributed by atoms with Gasteiger partial charge >= 0.3 is 0 Å². The highest BCUT2D eigenvalue weighted by Gasteiger charge is 2.08. The van der Waals surface area contributed by atoms with Gasteiger partial charge in [-0.05, 0) is 30.5 Å². The Bertz CT molecular complexity index is 565. The van der Waals surface area contributed by atoms with Crippen LogP contribution in [0.15, 0.2) is 36.7 Å². The first-order chi connectivity index (χ1) is 9.19. The summed E-state index contributed by atoms with van der Waals surface area (Å²) in [5, 5.41) is 7.86. The van der Waals surface area contributed by atoms with Crippen molar-refractivity contribution < 1.29 is 4.79 Å². The summed E-state index contributed by atoms with van der Waals surface area (Å²) >= 11 is 3.42. The number of nitrogens with one attached hydrogen (secondary N) is 1. The van der Waals surface area contributed by atoms with Gasteiger partial charge in [-0.25, -0.2) is 0 Å². The number of amides is 1. The van der Waals surface area contributed by atoms with Gasteiger partial charge in [0.1, 0.15) is 0 Å². The topological polar surface area (TPSA) is 46.9 Å². The van der Waals surface area contributed by atoms with Gasteiger partial charge in [0, 0.05) is 24.3 Å². The van der Waals surface area contributed by atoms with Crippen LogP contribution in [0.3, 0.4) is 0 Å². The Morgan fingerprint density at radius 2 is 2.32 bits per heavy atom. The lowest BCUT2D eigenvalue weighted by Crippen LogP contribution is -2.11. The maximum absolute atomic E-state index is 12.0. The maximum Gasteiger partial charge on any atom is 0.258 e. The molecule has 2 rings (SSSR count). The number of anilines is 1. The van der Waals surface area contributed by atoms with Gasteiger partial charge in [-0.15, -0.1) is 0 Å². The SMILES string of the molecule is Cn1cc(C(=O)Nc2cccc(CCCBr)c2)cn1. The first-order valence-corrected chi connectivity index (χ1v) is 7.26. The van der Waals surface area contributed by atoms with Gasteiger partial charge in [0.2, 0.25) is 0 Å². The Morgan fingerprint density at radius 3 is 3.00 bits per heavy atom. The van der Waals surface area contributed by atoms with Crippen LogP contribution < -0.4 is 5.32 Å². The summed E-state index contributed by atoms with van der Waals surface area (Å²) < 4.78 is 1.61. The summed E-state index contributed by atoms with van der Waals surface area (Å²) in [6, 6.07) is 7.94. The normalized spacial score (nSPS) is 10.4. The number of aryl methyl sites for hydroxylation is 2. The fourth-order valence-electron chi connectivity index (χ4n) is 1.82. The molecule has 0 atom stereocenters. The summed E-state index contributed by atoms with van der Waals surface area (Å²) in [5.41, 5.74) is 2.61. The number of nitrogens with zero attached hydrogens (tertiary/aromatic N) is 2. The molecule has 0 spiro atoms. The number of aromatic nitrogens is 2. The van der Waals surface area contributed by atoms with Crippen LogP contribution in [0.2, 0.25) is 0 Å². The van der Waals surface area contributed by atoms with Gasteiger partial charge in [-0.2, -0.15) is 5.10 Å². The van der Waals surface area contributed by atoms with Crippen LogP contribution in [0.4, 0.5) is 5.69 Å². The molecule has 0 bridgehead atoms. The number of benzene rings is 1. The van der Waals surface area contributed by atoms with E-state index in [2.05, 4.69) is 32.4 Å². The zero-order chi connectivity index (χ0) is 13.7. The predicted molar refractivity (Wildman–Crippen MR) is 79.7 cm³/mol. The molecule has 4 nitrogen and oxygen atoms in total. The van der Waals surface area contributed by atoms with Crippen LogP contribution in [-0.4, -0.2) is 21.0 Å². The van der Waals surface area contributed by atoms with Gasteiger partial charge in [0.25, 0.3) is 5.91 Å². The number of carbonyl (C=O) groups excluding carboxylic acids is 1. The Kier molecular flexibility index (Phi) is 4.74. The average molecular weight is 322 g/mol. The summed E-state index contributed by atoms with van der Waals surface area (Å²) in [6.07, 6.45) is 5.34. The van der Waals surface area contributed by atoms with E-state index in [-0.39, 0.29) is 5.91 Å². The number of alkyl halides is 1. The minimum absolute atomic E-state index is 0.134. The van der Waals surface area contributed by atoms with Crippen molar-refractivity contribution in [3.63, 3.8) is 0 Å². The van der Waals surface area contributed by atoms with E-state index in [9.17, 15) is 4.79 Å². The van der Waals surface area contributed by atoms with Crippen LogP contribution in [0.5, 0.6) is 0 Å². The molecule has 1 N–H and O–H groups in total. The van der Waals surface area contributed by atoms with E-state index in [1.807, 2.05) is 18.2 Å². The van der Waals surface area contributed by atoms with Gasteiger partial charge in [-0.3, -0.25) is 9.48 Å². The van der Waals surface area contributed by atoms with Crippen molar-refractivity contribution in [2.75, 3.05) is 10.6 Å². The summed E-state index contributed by atoms with van der Waals surface area (Å²) in [6.45, 7) is 0. The Morgan fingerprint density at radius 1 is 1.47 bits per heavy atom. The molecule has 0 aliphatic heterocycles. The molecule has 0 saturated carbocycles. The van der Waals surface area contributed by atoms with E-state index in [4.69, 9.17) is 0 Å². The largest absolute Gasteiger partial charge is 0.322 e. The standard InChI is InChI=1S/C14H16BrN3O/c1-18-10-12(9-16-18)14(19)17-13-6-2-4-11(8-13)5-3-7-15/h2,4,6,8-10H,3,5,7H2,1H3,(H,17,19). The van der Waals surface area contributed by atoms with E-state index < -0.39 is 0 Å². The van der Waals surface area contributed by atoms with Crippen molar-refractivity contribution in [2.24, 2.45) is 7.05 Å². The molecule has 2 aromatic rings. The zero-order valence-electron chi connectivity index (χ0n) is 10.8. The van der Waals surface area contributed by atoms with Crippen LogP contribution in [-0.2, 0) is 13.5 Å². The quantitative estimate of drug-likeness (QED) is 0.860. The highest BCUT2D eigenvalue weighted by molar-refractivity contribution is 9.09. The van der Waals surface area contributed by atoms with Crippen molar-refractivity contribution in [3.05, 3.63) is 47.8 Å². The Labute approximate surface area is 120 Å². The fraction of sp³-hybridized carbons (Fsp3) is 0.286. The minimum Gasteiger partial charge on any atom is -0.322 e. The smallest absolute Gasteiger partial charge is 0.258 e. The van der Waals surface area contributed by atoms with Crippen LogP contribution in [0.1, 0.15) is 22.3 Å². The molecule has 1 aromatic carbocycles. The first-order valence-electron chi connectivity index (χ1n) is 6.14. The number of halogens is 1. The monoisotopic (exact) mass is 321 g/mol. The van der Waals surface area contributed by atoms with E-state index in [1.54, 1.807) is 24.1 Å². The molecule has 100 valence electrons. The molecule has 0 unspecified atom stereocenters. The third-order valence-corrected chi connectivity index (χ3v) is 3.31. The van der Waals surface area contributed by atoms with Crippen molar-refractivity contribution in [1.29, 1.82) is 0 Å². The number of carbonyl (C=O) groups is 1. The van der Waals surface area contributed by atoms with Crippen molar-refractivity contribution in [1.82, 2.24) is 9.78 Å². The van der Waals surface area contributed by atoms with Crippen molar-refractivity contribution in [2.45, 2.75) is 12.8 Å². The summed E-state index contributed by atoms with van der Waals surface area (Å²) in [5.74, 6) is -0.134. The first kappa shape index (κ1) is 13.8. The molecule has 0 fully saturated rings. The molecular weight excluding hydrogens is 306 g/mol. The Hall–Kier alpha value is -1.62. The van der Waals surface area contributed by atoms with E-state index in [1.165, 1.54) is 5.56 Å². The fourth-order valence-corrected chi connectivity index (χ4v) is 2.10. The Balaban J connectivity index is 2.04. The molecule has 0 aliphatic rings. The third kappa shape index (κ3) is 3.92. The van der Waals surface area contributed by atoms with Crippen molar-refractivity contribution in [3.8, 4) is 0 Å². The minimum atomic E-state index is -0.134. The number of hydrogen-bond donors (Lipinski definition) is 1. The van der Waals surface area contributed by atoms with E-state index in [0.29, 0.717) is 5.56 Å². The number of rotatable bonds is 5. The molecule has 5 heteroatoms. The van der Waals surface area contributed by atoms with Gasteiger partial charge in [0.15, 0.2) is 0 Å². The van der Waals surface area contributed by atoms with Crippen LogP contribution in [0.25, 0.3) is 0 Å². The second-order valence-corrected chi connectivity index (χ2v) is 5.14. The van der Waals surface area contributed by atoms with Crippen LogP contribution in [0, 0.1) is 0 Å². The average Bonchev–Trinajstić information content (AvgIpc) is 2.83. The molecule has 0 aliphatic carbocycles. The van der Waals surface area contributed by atoms with Crippen LogP contribution >= 0.6 is 15.9 Å². The molecule has 19 heavy (non-hydrogen) atoms. The molecule has 0 radical (unpaired) electrons. The van der Waals surface area contributed by atoms with Crippen molar-refractivity contribution >= 4 is 27.5 Å². The highest BCUT2D eigenvalue weighted by atomic mass is 79.9. The zero-order valence-corrected chi connectivity index (χ0v) is 12.4. The second kappa shape index (κ2) is 6.52. The number of hydrogen-bond acceptors (Lipinski definition) is 2. The lowest BCUT2D eigenvalue weighted by Gasteiger charge is -2.06. The van der Waals surface area contributed by atoms with Gasteiger partial charge in [0.05, 0.1) is 11.8 Å². The van der Waals surface area contributed by atoms with Gasteiger partial charge in [-0.1, -0.05) is 28.1 Å². The molecule has 1 aromatic heterocycles. The maximum atomic E-state index is 12.0. The summed E-state index contributed by atoms with van der Waals surface area (Å²) in [4.78, 5) is 12.0. The lowest BCUT2D eigenvalue weighted by atomic mass is 10.1. The molecule has 1 amide bonds. The highest BCUT2D eigenvalue weighted by Crippen LogP contribution is 2.14. The third-order valence-electron chi connectivity index (χ3n) is 2.75. The lowest BCUT2D eigenvalue weighted by molar-refractivity contribution is 0.102. The molecule has 1 heterocycles. The van der Waals surface area contributed by atoms with E-state index >= 15 is 0 Å². The van der Waals surface area contributed by atoms with Gasteiger partial charge < -0.3 is 5.32 Å². The second-order valence-electron chi connectivity index (χ2n) is 4.35. The molecular formula is C14H16BrN3O. The molecule has 0 saturated heterocycles. The van der Waals surface area contributed by atoms with E-state index in [0.717, 1.165) is 23.9 Å². The predicted octanol–water partition coefficient (Wildman–Crippen LogP) is 3.00.